The van der Waals surface area contributed by atoms with Crippen LogP contribution in [0.1, 0.15) is 25.6 Å². The number of rotatable bonds is 6. The molecule has 0 aromatic carbocycles. The predicted octanol–water partition coefficient (Wildman–Crippen LogP) is 2.56. The molecule has 0 aliphatic carbocycles. The van der Waals surface area contributed by atoms with E-state index in [0.29, 0.717) is 32.7 Å². The van der Waals surface area contributed by atoms with E-state index in [9.17, 15) is 9.90 Å². The van der Waals surface area contributed by atoms with E-state index in [1.54, 1.807) is 11.3 Å². The molecular formula is C15H23BrN2O2S. The molecular weight excluding hydrogens is 352 g/mol. The number of hydrogen-bond donors (Lipinski definition) is 1. The van der Waals surface area contributed by atoms with Crippen molar-refractivity contribution in [2.24, 2.45) is 5.92 Å². The summed E-state index contributed by atoms with van der Waals surface area (Å²) in [5.74, 6) is 0.363. The Kier molecular flexibility index (Phi) is 5.46. The highest BCUT2D eigenvalue weighted by atomic mass is 79.9. The van der Waals surface area contributed by atoms with Gasteiger partial charge in [-0.25, -0.2) is 0 Å². The molecule has 0 bridgehead atoms. The van der Waals surface area contributed by atoms with Crippen LogP contribution in [0.25, 0.3) is 0 Å². The van der Waals surface area contributed by atoms with Gasteiger partial charge in [0, 0.05) is 24.5 Å². The van der Waals surface area contributed by atoms with Gasteiger partial charge in [-0.15, -0.1) is 11.3 Å². The summed E-state index contributed by atoms with van der Waals surface area (Å²) < 4.78 is 1.09. The molecule has 1 aromatic rings. The molecule has 2 heterocycles. The van der Waals surface area contributed by atoms with E-state index in [1.165, 1.54) is 4.88 Å². The smallest absolute Gasteiger partial charge is 0.237 e. The molecule has 21 heavy (non-hydrogen) atoms. The van der Waals surface area contributed by atoms with E-state index in [0.717, 1.165) is 3.79 Å². The van der Waals surface area contributed by atoms with Crippen LogP contribution in [0, 0.1) is 5.92 Å². The Hall–Kier alpha value is -0.430. The van der Waals surface area contributed by atoms with Gasteiger partial charge in [0.25, 0.3) is 0 Å². The van der Waals surface area contributed by atoms with E-state index in [4.69, 9.17) is 0 Å². The number of hydrogen-bond acceptors (Lipinski definition) is 4. The maximum absolute atomic E-state index is 12.4. The maximum atomic E-state index is 12.4. The number of amides is 1. The summed E-state index contributed by atoms with van der Waals surface area (Å²) in [4.78, 5) is 17.4. The summed E-state index contributed by atoms with van der Waals surface area (Å²) in [5, 5.41) is 10.2. The quantitative estimate of drug-likeness (QED) is 0.831. The van der Waals surface area contributed by atoms with Crippen molar-refractivity contribution >= 4 is 33.2 Å². The molecule has 1 fully saturated rings. The van der Waals surface area contributed by atoms with Gasteiger partial charge < -0.3 is 10.0 Å². The number of carbonyl (C=O) groups is 1. The Morgan fingerprint density at radius 1 is 1.52 bits per heavy atom. The van der Waals surface area contributed by atoms with Crippen molar-refractivity contribution in [3.05, 3.63) is 20.8 Å². The standard InChI is InChI=1S/C15H23BrN2O2S/c1-4-18(7-12-5-6-13(16)21-12)14(19)8-17-9-15(20,10-17)11(2)3/h5-6,11,20H,4,7-10H2,1-3H3. The first-order valence-electron chi connectivity index (χ1n) is 7.31. The third-order valence-corrected chi connectivity index (χ3v) is 5.75. The first kappa shape index (κ1) is 16.9. The molecule has 1 aliphatic heterocycles. The molecule has 2 rings (SSSR count). The average molecular weight is 375 g/mol. The molecule has 0 spiro atoms. The lowest BCUT2D eigenvalue weighted by atomic mass is 9.83. The van der Waals surface area contributed by atoms with Crippen LogP contribution in [0.4, 0.5) is 0 Å². The first-order chi connectivity index (χ1) is 9.84. The average Bonchev–Trinajstić information content (AvgIpc) is 2.79. The van der Waals surface area contributed by atoms with Crippen molar-refractivity contribution in [2.45, 2.75) is 32.9 Å². The number of nitrogens with zero attached hydrogens (tertiary/aromatic N) is 2. The molecule has 1 aromatic heterocycles. The monoisotopic (exact) mass is 374 g/mol. The van der Waals surface area contributed by atoms with Crippen molar-refractivity contribution in [3.63, 3.8) is 0 Å². The number of β-amino-alcohol motifs (C(OH)–C–C–N with tert-alkyl or cyclic N) is 1. The zero-order valence-electron chi connectivity index (χ0n) is 12.8. The Balaban J connectivity index is 1.84. The SMILES string of the molecule is CCN(Cc1ccc(Br)s1)C(=O)CN1CC(O)(C(C)C)C1. The molecule has 6 heteroatoms. The van der Waals surface area contributed by atoms with E-state index >= 15 is 0 Å². The molecule has 0 atom stereocenters. The maximum Gasteiger partial charge on any atom is 0.237 e. The largest absolute Gasteiger partial charge is 0.387 e. The van der Waals surface area contributed by atoms with Crippen molar-refractivity contribution in [1.82, 2.24) is 9.80 Å². The fourth-order valence-electron chi connectivity index (χ4n) is 2.50. The minimum Gasteiger partial charge on any atom is -0.387 e. The molecule has 118 valence electrons. The number of aliphatic hydroxyl groups is 1. The summed E-state index contributed by atoms with van der Waals surface area (Å²) >= 11 is 5.11. The zero-order chi connectivity index (χ0) is 15.6. The number of likely N-dealkylation sites (N-methyl/N-ethyl adjacent to an activating group) is 1. The van der Waals surface area contributed by atoms with Crippen LogP contribution in [0.5, 0.6) is 0 Å². The summed E-state index contributed by atoms with van der Waals surface area (Å²) in [6, 6.07) is 4.06. The molecule has 1 N–H and O–H groups in total. The van der Waals surface area contributed by atoms with Crippen LogP contribution in [0.2, 0.25) is 0 Å². The third-order valence-electron chi connectivity index (χ3n) is 4.14. The van der Waals surface area contributed by atoms with E-state index in [1.807, 2.05) is 42.7 Å². The lowest BCUT2D eigenvalue weighted by Crippen LogP contribution is -2.65. The Labute approximate surface area is 138 Å². The lowest BCUT2D eigenvalue weighted by Gasteiger charge is -2.49. The predicted molar refractivity (Wildman–Crippen MR) is 89.3 cm³/mol. The normalized spacial score (nSPS) is 17.8. The fraction of sp³-hybridized carbons (Fsp3) is 0.667. The second-order valence-corrected chi connectivity index (χ2v) is 8.56. The third kappa shape index (κ3) is 4.06. The molecule has 0 radical (unpaired) electrons. The second kappa shape index (κ2) is 6.77. The summed E-state index contributed by atoms with van der Waals surface area (Å²) in [6.07, 6.45) is 0. The topological polar surface area (TPSA) is 43.8 Å². The van der Waals surface area contributed by atoms with E-state index < -0.39 is 5.60 Å². The highest BCUT2D eigenvalue weighted by molar-refractivity contribution is 9.11. The van der Waals surface area contributed by atoms with E-state index in [2.05, 4.69) is 15.9 Å². The van der Waals surface area contributed by atoms with Gasteiger partial charge in [0.2, 0.25) is 5.91 Å². The molecule has 0 unspecified atom stereocenters. The van der Waals surface area contributed by atoms with Gasteiger partial charge in [-0.3, -0.25) is 9.69 Å². The fourth-order valence-corrected chi connectivity index (χ4v) is 4.00. The number of thiophene rings is 1. The van der Waals surface area contributed by atoms with Crippen molar-refractivity contribution in [2.75, 3.05) is 26.2 Å². The van der Waals surface area contributed by atoms with Gasteiger partial charge in [-0.1, -0.05) is 13.8 Å². The lowest BCUT2D eigenvalue weighted by molar-refractivity contribution is -0.149. The Bertz CT molecular complexity index is 498. The summed E-state index contributed by atoms with van der Waals surface area (Å²) in [6.45, 7) is 9.00. The van der Waals surface area contributed by atoms with Gasteiger partial charge in [0.05, 0.1) is 22.5 Å². The van der Waals surface area contributed by atoms with Crippen molar-refractivity contribution in [1.29, 1.82) is 0 Å². The van der Waals surface area contributed by atoms with Crippen LogP contribution in [0.3, 0.4) is 0 Å². The second-order valence-electron chi connectivity index (χ2n) is 6.02. The highest BCUT2D eigenvalue weighted by Gasteiger charge is 2.44. The van der Waals surface area contributed by atoms with Gasteiger partial charge in [-0.05, 0) is 40.9 Å². The molecule has 1 amide bonds. The Morgan fingerprint density at radius 3 is 2.67 bits per heavy atom. The van der Waals surface area contributed by atoms with Crippen LogP contribution >= 0.6 is 27.3 Å². The molecule has 1 saturated heterocycles. The first-order valence-corrected chi connectivity index (χ1v) is 8.91. The Morgan fingerprint density at radius 2 is 2.19 bits per heavy atom. The molecule has 4 nitrogen and oxygen atoms in total. The van der Waals surface area contributed by atoms with Crippen molar-refractivity contribution in [3.8, 4) is 0 Å². The van der Waals surface area contributed by atoms with Gasteiger partial charge in [0.15, 0.2) is 0 Å². The van der Waals surface area contributed by atoms with Gasteiger partial charge >= 0.3 is 0 Å². The van der Waals surface area contributed by atoms with Crippen LogP contribution in [-0.2, 0) is 11.3 Å². The molecule has 1 aliphatic rings. The summed E-state index contributed by atoms with van der Waals surface area (Å²) in [5.41, 5.74) is -0.615. The van der Waals surface area contributed by atoms with Crippen molar-refractivity contribution < 1.29 is 9.90 Å². The minimum absolute atomic E-state index is 0.132. The van der Waals surface area contributed by atoms with Crippen LogP contribution in [0.15, 0.2) is 15.9 Å². The van der Waals surface area contributed by atoms with Crippen LogP contribution in [-0.4, -0.2) is 52.6 Å². The summed E-state index contributed by atoms with van der Waals surface area (Å²) in [7, 11) is 0. The van der Waals surface area contributed by atoms with E-state index in [-0.39, 0.29) is 11.8 Å². The number of likely N-dealkylation sites (tertiary alicyclic amines) is 1. The zero-order valence-corrected chi connectivity index (χ0v) is 15.2. The highest BCUT2D eigenvalue weighted by Crippen LogP contribution is 2.28. The number of halogens is 1. The van der Waals surface area contributed by atoms with Gasteiger partial charge in [-0.2, -0.15) is 0 Å². The molecule has 0 saturated carbocycles. The van der Waals surface area contributed by atoms with Gasteiger partial charge in [0.1, 0.15) is 0 Å². The van der Waals surface area contributed by atoms with Crippen LogP contribution < -0.4 is 0 Å². The number of carbonyl (C=O) groups excluding carboxylic acids is 1. The minimum atomic E-state index is -0.615.